The van der Waals surface area contributed by atoms with Gasteiger partial charge in [-0.1, -0.05) is 12.1 Å². The molecule has 3 rings (SSSR count). The lowest BCUT2D eigenvalue weighted by Gasteiger charge is -2.34. The third-order valence-corrected chi connectivity index (χ3v) is 3.98. The molecule has 3 nitrogen and oxygen atoms in total. The summed E-state index contributed by atoms with van der Waals surface area (Å²) in [5, 5.41) is 0. The van der Waals surface area contributed by atoms with Crippen LogP contribution >= 0.6 is 0 Å². The van der Waals surface area contributed by atoms with Crippen molar-refractivity contribution in [2.45, 2.75) is 13.1 Å². The number of halogens is 2. The predicted octanol–water partition coefficient (Wildman–Crippen LogP) is 2.68. The molecular formula is C17H19F2N3. The highest BCUT2D eigenvalue weighted by atomic mass is 19.2. The fourth-order valence-corrected chi connectivity index (χ4v) is 2.75. The molecular weight excluding hydrogens is 284 g/mol. The van der Waals surface area contributed by atoms with Gasteiger partial charge in [-0.2, -0.15) is 0 Å². The second-order valence-electron chi connectivity index (χ2n) is 5.66. The Hall–Kier alpha value is -1.85. The van der Waals surface area contributed by atoms with Crippen LogP contribution < -0.4 is 0 Å². The summed E-state index contributed by atoms with van der Waals surface area (Å²) >= 11 is 0. The zero-order valence-corrected chi connectivity index (χ0v) is 12.4. The first-order valence-corrected chi connectivity index (χ1v) is 7.48. The molecule has 1 aliphatic heterocycles. The molecule has 2 aromatic rings. The van der Waals surface area contributed by atoms with Gasteiger partial charge in [0.25, 0.3) is 0 Å². The van der Waals surface area contributed by atoms with Crippen molar-refractivity contribution in [1.82, 2.24) is 14.8 Å². The van der Waals surface area contributed by atoms with Crippen molar-refractivity contribution in [3.8, 4) is 0 Å². The third kappa shape index (κ3) is 3.87. The van der Waals surface area contributed by atoms with E-state index in [-0.39, 0.29) is 0 Å². The summed E-state index contributed by atoms with van der Waals surface area (Å²) in [4.78, 5) is 8.79. The van der Waals surface area contributed by atoms with Gasteiger partial charge in [0.1, 0.15) is 0 Å². The highest BCUT2D eigenvalue weighted by Crippen LogP contribution is 2.13. The number of benzene rings is 1. The number of rotatable bonds is 4. The first-order valence-electron chi connectivity index (χ1n) is 7.48. The van der Waals surface area contributed by atoms with Crippen LogP contribution in [-0.4, -0.2) is 41.0 Å². The Morgan fingerprint density at radius 3 is 2.14 bits per heavy atom. The van der Waals surface area contributed by atoms with Crippen molar-refractivity contribution in [3.05, 3.63) is 65.5 Å². The second kappa shape index (κ2) is 6.94. The first kappa shape index (κ1) is 15.1. The number of hydrogen-bond donors (Lipinski definition) is 0. The van der Waals surface area contributed by atoms with Gasteiger partial charge in [-0.3, -0.25) is 14.8 Å². The minimum Gasteiger partial charge on any atom is -0.297 e. The monoisotopic (exact) mass is 303 g/mol. The van der Waals surface area contributed by atoms with Crippen LogP contribution in [-0.2, 0) is 13.1 Å². The Labute approximate surface area is 129 Å². The Bertz CT molecular complexity index is 611. The Morgan fingerprint density at radius 2 is 1.55 bits per heavy atom. The van der Waals surface area contributed by atoms with E-state index in [1.807, 2.05) is 12.3 Å². The molecule has 0 saturated carbocycles. The van der Waals surface area contributed by atoms with Crippen LogP contribution in [0.25, 0.3) is 0 Å². The third-order valence-electron chi connectivity index (χ3n) is 3.98. The van der Waals surface area contributed by atoms with Gasteiger partial charge >= 0.3 is 0 Å². The van der Waals surface area contributed by atoms with Crippen molar-refractivity contribution < 1.29 is 8.78 Å². The minimum absolute atomic E-state index is 0.665. The average molecular weight is 303 g/mol. The van der Waals surface area contributed by atoms with E-state index in [0.717, 1.165) is 38.3 Å². The molecule has 0 N–H and O–H groups in total. The predicted molar refractivity (Wildman–Crippen MR) is 81.1 cm³/mol. The van der Waals surface area contributed by atoms with Crippen LogP contribution in [0.3, 0.4) is 0 Å². The van der Waals surface area contributed by atoms with Crippen molar-refractivity contribution in [3.63, 3.8) is 0 Å². The van der Waals surface area contributed by atoms with Gasteiger partial charge < -0.3 is 0 Å². The largest absolute Gasteiger partial charge is 0.297 e. The van der Waals surface area contributed by atoms with Gasteiger partial charge in [-0.25, -0.2) is 8.78 Å². The topological polar surface area (TPSA) is 19.4 Å². The van der Waals surface area contributed by atoms with Crippen molar-refractivity contribution in [2.24, 2.45) is 0 Å². The van der Waals surface area contributed by atoms with E-state index in [1.54, 1.807) is 12.3 Å². The van der Waals surface area contributed by atoms with Gasteiger partial charge in [0.2, 0.25) is 0 Å². The van der Waals surface area contributed by atoms with E-state index in [4.69, 9.17) is 0 Å². The standard InChI is InChI=1S/C17H19F2N3/c18-16-4-3-14(10-17(16)19)12-21-6-8-22(9-7-21)13-15-2-1-5-20-11-15/h1-5,10-11H,6-9,12-13H2. The maximum Gasteiger partial charge on any atom is 0.159 e. The summed E-state index contributed by atoms with van der Waals surface area (Å²) in [6.07, 6.45) is 3.68. The fourth-order valence-electron chi connectivity index (χ4n) is 2.75. The molecule has 1 aromatic carbocycles. The van der Waals surface area contributed by atoms with Crippen LogP contribution in [0.2, 0.25) is 0 Å². The molecule has 0 amide bonds. The molecule has 1 saturated heterocycles. The van der Waals surface area contributed by atoms with E-state index in [9.17, 15) is 8.78 Å². The Balaban J connectivity index is 1.50. The van der Waals surface area contributed by atoms with Crippen LogP contribution in [0.15, 0.2) is 42.7 Å². The zero-order valence-electron chi connectivity index (χ0n) is 12.4. The molecule has 2 heterocycles. The number of hydrogen-bond acceptors (Lipinski definition) is 3. The quantitative estimate of drug-likeness (QED) is 0.866. The normalized spacial score (nSPS) is 16.8. The van der Waals surface area contributed by atoms with E-state index in [2.05, 4.69) is 20.9 Å². The number of nitrogens with zero attached hydrogens (tertiary/aromatic N) is 3. The summed E-state index contributed by atoms with van der Waals surface area (Å²) < 4.78 is 26.2. The van der Waals surface area contributed by atoms with E-state index in [0.29, 0.717) is 6.54 Å². The summed E-state index contributed by atoms with van der Waals surface area (Å²) in [5.41, 5.74) is 2.04. The Morgan fingerprint density at radius 1 is 0.864 bits per heavy atom. The maximum absolute atomic E-state index is 13.2. The molecule has 116 valence electrons. The molecule has 0 aliphatic carbocycles. The zero-order chi connectivity index (χ0) is 15.4. The van der Waals surface area contributed by atoms with E-state index >= 15 is 0 Å². The minimum atomic E-state index is -0.787. The van der Waals surface area contributed by atoms with Crippen molar-refractivity contribution in [2.75, 3.05) is 26.2 Å². The second-order valence-corrected chi connectivity index (χ2v) is 5.66. The van der Waals surface area contributed by atoms with Gasteiger partial charge in [0.05, 0.1) is 0 Å². The van der Waals surface area contributed by atoms with Crippen LogP contribution in [0, 0.1) is 11.6 Å². The SMILES string of the molecule is Fc1ccc(CN2CCN(Cc3cccnc3)CC2)cc1F. The van der Waals surface area contributed by atoms with E-state index < -0.39 is 11.6 Å². The highest BCUT2D eigenvalue weighted by Gasteiger charge is 2.17. The Kier molecular flexibility index (Phi) is 4.75. The lowest BCUT2D eigenvalue weighted by molar-refractivity contribution is 0.122. The van der Waals surface area contributed by atoms with Crippen molar-refractivity contribution in [1.29, 1.82) is 0 Å². The van der Waals surface area contributed by atoms with Gasteiger partial charge in [-0.05, 0) is 29.3 Å². The summed E-state index contributed by atoms with van der Waals surface area (Å²) in [7, 11) is 0. The number of pyridine rings is 1. The average Bonchev–Trinajstić information content (AvgIpc) is 2.54. The van der Waals surface area contributed by atoms with Crippen LogP contribution in [0.1, 0.15) is 11.1 Å². The molecule has 1 aliphatic rings. The van der Waals surface area contributed by atoms with Gasteiger partial charge in [-0.15, -0.1) is 0 Å². The number of piperazine rings is 1. The molecule has 0 spiro atoms. The van der Waals surface area contributed by atoms with Gasteiger partial charge in [0, 0.05) is 51.7 Å². The molecule has 1 fully saturated rings. The molecule has 22 heavy (non-hydrogen) atoms. The lowest BCUT2D eigenvalue weighted by atomic mass is 10.2. The molecule has 5 heteroatoms. The first-order chi connectivity index (χ1) is 10.7. The summed E-state index contributed by atoms with van der Waals surface area (Å²) in [6.45, 7) is 5.38. The van der Waals surface area contributed by atoms with Crippen LogP contribution in [0.4, 0.5) is 8.78 Å². The summed E-state index contributed by atoms with van der Waals surface area (Å²) in [6, 6.07) is 8.18. The molecule has 0 radical (unpaired) electrons. The van der Waals surface area contributed by atoms with E-state index in [1.165, 1.54) is 17.7 Å². The molecule has 0 atom stereocenters. The molecule has 0 unspecified atom stereocenters. The lowest BCUT2D eigenvalue weighted by Crippen LogP contribution is -2.45. The maximum atomic E-state index is 13.2. The van der Waals surface area contributed by atoms with Crippen molar-refractivity contribution >= 4 is 0 Å². The number of aromatic nitrogens is 1. The van der Waals surface area contributed by atoms with Gasteiger partial charge in [0.15, 0.2) is 11.6 Å². The molecule has 1 aromatic heterocycles. The molecule has 0 bridgehead atoms. The fraction of sp³-hybridized carbons (Fsp3) is 0.353. The summed E-state index contributed by atoms with van der Waals surface area (Å²) in [5.74, 6) is -1.56. The smallest absolute Gasteiger partial charge is 0.159 e. The van der Waals surface area contributed by atoms with Crippen LogP contribution in [0.5, 0.6) is 0 Å². The highest BCUT2D eigenvalue weighted by molar-refractivity contribution is 5.17.